The Labute approximate surface area is 98.1 Å². The van der Waals surface area contributed by atoms with Crippen molar-refractivity contribution in [3.8, 4) is 11.1 Å². The maximum Gasteiger partial charge on any atom is 0.0139 e. The van der Waals surface area contributed by atoms with Crippen LogP contribution in [-0.2, 0) is 0 Å². The average Bonchev–Trinajstić information content (AvgIpc) is 2.18. The van der Waals surface area contributed by atoms with Gasteiger partial charge in [0.05, 0.1) is 0 Å². The third-order valence-corrected chi connectivity index (χ3v) is 2.77. The third-order valence-electron chi connectivity index (χ3n) is 2.15. The van der Waals surface area contributed by atoms with Gasteiger partial charge in [-0.15, -0.1) is 0 Å². The number of rotatable bonds is 1. The molecule has 0 spiro atoms. The molecule has 0 aromatic heterocycles. The molecule has 0 nitrogen and oxygen atoms in total. The van der Waals surface area contributed by atoms with Gasteiger partial charge in [0, 0.05) is 3.57 Å². The van der Waals surface area contributed by atoms with Crippen molar-refractivity contribution in [1.29, 1.82) is 0 Å². The standard InChI is InChI=1S/C13H11I/c1-10-7-12(9-13(14)8-10)11-5-3-2-4-6-11/h2-9H,1H3. The van der Waals surface area contributed by atoms with Crippen molar-refractivity contribution in [3.05, 3.63) is 57.7 Å². The molecule has 2 rings (SSSR count). The Hall–Kier alpha value is -0.830. The van der Waals surface area contributed by atoms with Crippen molar-refractivity contribution < 1.29 is 0 Å². The molecule has 0 amide bonds. The van der Waals surface area contributed by atoms with Crippen LogP contribution in [0.1, 0.15) is 5.56 Å². The molecule has 0 aliphatic heterocycles. The van der Waals surface area contributed by atoms with Gasteiger partial charge in [-0.25, -0.2) is 0 Å². The molecule has 0 atom stereocenters. The lowest BCUT2D eigenvalue weighted by atomic mass is 10.0. The lowest BCUT2D eigenvalue weighted by Gasteiger charge is -2.03. The predicted molar refractivity (Wildman–Crippen MR) is 69.3 cm³/mol. The van der Waals surface area contributed by atoms with E-state index < -0.39 is 0 Å². The first-order valence-electron chi connectivity index (χ1n) is 4.58. The summed E-state index contributed by atoms with van der Waals surface area (Å²) in [4.78, 5) is 0. The average molecular weight is 294 g/mol. The van der Waals surface area contributed by atoms with E-state index in [2.05, 4.69) is 72.0 Å². The van der Waals surface area contributed by atoms with Crippen LogP contribution >= 0.6 is 22.6 Å². The van der Waals surface area contributed by atoms with Crippen molar-refractivity contribution in [2.24, 2.45) is 0 Å². The monoisotopic (exact) mass is 294 g/mol. The Morgan fingerprint density at radius 3 is 2.21 bits per heavy atom. The van der Waals surface area contributed by atoms with E-state index in [-0.39, 0.29) is 0 Å². The number of hydrogen-bond acceptors (Lipinski definition) is 0. The zero-order chi connectivity index (χ0) is 9.97. The van der Waals surface area contributed by atoms with Crippen molar-refractivity contribution in [2.75, 3.05) is 0 Å². The molecule has 0 N–H and O–H groups in total. The highest BCUT2D eigenvalue weighted by Crippen LogP contribution is 2.22. The fourth-order valence-electron chi connectivity index (χ4n) is 1.53. The maximum absolute atomic E-state index is 2.36. The van der Waals surface area contributed by atoms with Gasteiger partial charge in [-0.3, -0.25) is 0 Å². The molecule has 0 heterocycles. The van der Waals surface area contributed by atoms with Crippen LogP contribution in [0, 0.1) is 10.5 Å². The van der Waals surface area contributed by atoms with Crippen molar-refractivity contribution in [2.45, 2.75) is 6.92 Å². The highest BCUT2D eigenvalue weighted by molar-refractivity contribution is 14.1. The first kappa shape index (κ1) is 9.71. The van der Waals surface area contributed by atoms with Gasteiger partial charge in [-0.1, -0.05) is 36.4 Å². The molecule has 0 saturated carbocycles. The summed E-state index contributed by atoms with van der Waals surface area (Å²) in [5.41, 5.74) is 3.90. The minimum atomic E-state index is 1.29. The molecule has 0 aliphatic carbocycles. The summed E-state index contributed by atoms with van der Waals surface area (Å²) in [5.74, 6) is 0. The fourth-order valence-corrected chi connectivity index (χ4v) is 2.36. The molecule has 0 fully saturated rings. The SMILES string of the molecule is Cc1cc(I)cc(-c2ccccc2)c1. The molecule has 2 aromatic rings. The summed E-state index contributed by atoms with van der Waals surface area (Å²) < 4.78 is 1.29. The first-order chi connectivity index (χ1) is 6.75. The zero-order valence-electron chi connectivity index (χ0n) is 8.00. The molecule has 0 aliphatic rings. The van der Waals surface area contributed by atoms with E-state index in [1.807, 2.05) is 6.07 Å². The highest BCUT2D eigenvalue weighted by atomic mass is 127. The Bertz CT molecular complexity index is 412. The number of benzene rings is 2. The van der Waals surface area contributed by atoms with E-state index in [1.54, 1.807) is 0 Å². The third kappa shape index (κ3) is 2.15. The van der Waals surface area contributed by atoms with Crippen LogP contribution in [0.15, 0.2) is 48.5 Å². The predicted octanol–water partition coefficient (Wildman–Crippen LogP) is 4.27. The summed E-state index contributed by atoms with van der Waals surface area (Å²) >= 11 is 2.36. The second-order valence-corrected chi connectivity index (χ2v) is 4.63. The molecule has 0 bridgehead atoms. The summed E-state index contributed by atoms with van der Waals surface area (Å²) in [6.07, 6.45) is 0. The summed E-state index contributed by atoms with van der Waals surface area (Å²) in [7, 11) is 0. The molecule has 0 radical (unpaired) electrons. The minimum absolute atomic E-state index is 1.29. The van der Waals surface area contributed by atoms with E-state index in [0.29, 0.717) is 0 Å². The molecule has 0 unspecified atom stereocenters. The van der Waals surface area contributed by atoms with Gasteiger partial charge in [-0.05, 0) is 58.3 Å². The van der Waals surface area contributed by atoms with Gasteiger partial charge in [-0.2, -0.15) is 0 Å². The van der Waals surface area contributed by atoms with Crippen molar-refractivity contribution >= 4 is 22.6 Å². The lowest BCUT2D eigenvalue weighted by Crippen LogP contribution is -1.81. The van der Waals surface area contributed by atoms with E-state index >= 15 is 0 Å². The second kappa shape index (κ2) is 4.13. The zero-order valence-corrected chi connectivity index (χ0v) is 10.2. The number of halogens is 1. The maximum atomic E-state index is 2.36. The molecule has 70 valence electrons. The Kier molecular flexibility index (Phi) is 2.87. The van der Waals surface area contributed by atoms with Crippen LogP contribution in [0.3, 0.4) is 0 Å². The van der Waals surface area contributed by atoms with Crippen LogP contribution < -0.4 is 0 Å². The quantitative estimate of drug-likeness (QED) is 0.689. The normalized spacial score (nSPS) is 10.1. The van der Waals surface area contributed by atoms with Gasteiger partial charge < -0.3 is 0 Å². The number of hydrogen-bond donors (Lipinski definition) is 0. The van der Waals surface area contributed by atoms with Gasteiger partial charge in [0.25, 0.3) is 0 Å². The van der Waals surface area contributed by atoms with Crippen molar-refractivity contribution in [3.63, 3.8) is 0 Å². The van der Waals surface area contributed by atoms with E-state index in [4.69, 9.17) is 0 Å². The molecule has 1 heteroatoms. The van der Waals surface area contributed by atoms with Crippen LogP contribution in [0.5, 0.6) is 0 Å². The molecule has 2 aromatic carbocycles. The molecular weight excluding hydrogens is 283 g/mol. The topological polar surface area (TPSA) is 0 Å². The van der Waals surface area contributed by atoms with Crippen LogP contribution in [0.25, 0.3) is 11.1 Å². The van der Waals surface area contributed by atoms with Gasteiger partial charge in [0.15, 0.2) is 0 Å². The Morgan fingerprint density at radius 2 is 1.57 bits per heavy atom. The summed E-state index contributed by atoms with van der Waals surface area (Å²) in [6, 6.07) is 17.1. The minimum Gasteiger partial charge on any atom is -0.0622 e. The molecular formula is C13H11I. The van der Waals surface area contributed by atoms with E-state index in [1.165, 1.54) is 20.3 Å². The second-order valence-electron chi connectivity index (χ2n) is 3.38. The van der Waals surface area contributed by atoms with Crippen molar-refractivity contribution in [1.82, 2.24) is 0 Å². The Morgan fingerprint density at radius 1 is 0.857 bits per heavy atom. The van der Waals surface area contributed by atoms with Crippen LogP contribution in [0.2, 0.25) is 0 Å². The van der Waals surface area contributed by atoms with Crippen LogP contribution in [0.4, 0.5) is 0 Å². The Balaban J connectivity index is 2.52. The van der Waals surface area contributed by atoms with E-state index in [9.17, 15) is 0 Å². The fraction of sp³-hybridized carbons (Fsp3) is 0.0769. The van der Waals surface area contributed by atoms with Gasteiger partial charge in [0.1, 0.15) is 0 Å². The largest absolute Gasteiger partial charge is 0.0622 e. The van der Waals surface area contributed by atoms with Gasteiger partial charge >= 0.3 is 0 Å². The number of aryl methyl sites for hydroxylation is 1. The summed E-state index contributed by atoms with van der Waals surface area (Å²) in [6.45, 7) is 2.13. The first-order valence-corrected chi connectivity index (χ1v) is 5.66. The van der Waals surface area contributed by atoms with Gasteiger partial charge in [0.2, 0.25) is 0 Å². The molecule has 14 heavy (non-hydrogen) atoms. The highest BCUT2D eigenvalue weighted by Gasteiger charge is 1.98. The van der Waals surface area contributed by atoms with E-state index in [0.717, 1.165) is 0 Å². The molecule has 0 saturated heterocycles. The smallest absolute Gasteiger partial charge is 0.0139 e. The lowest BCUT2D eigenvalue weighted by molar-refractivity contribution is 1.44. The summed E-state index contributed by atoms with van der Waals surface area (Å²) in [5, 5.41) is 0. The van der Waals surface area contributed by atoms with Crippen LogP contribution in [-0.4, -0.2) is 0 Å².